The Labute approximate surface area is 151 Å². The number of hydrogen-bond donors (Lipinski definition) is 1. The second kappa shape index (κ2) is 6.83. The Morgan fingerprint density at radius 3 is 2.88 bits per heavy atom. The van der Waals surface area contributed by atoms with Gasteiger partial charge in [-0.25, -0.2) is 4.68 Å². The predicted molar refractivity (Wildman–Crippen MR) is 104 cm³/mol. The van der Waals surface area contributed by atoms with Gasteiger partial charge in [-0.15, -0.1) is 0 Å². The number of piperidine rings is 1. The molecule has 4 nitrogen and oxygen atoms in total. The standard InChI is InChI=1S/C21H30N4/c1-15-9-10-16(2)19(13-15)25-21-18(8-4-5-11-22-21)20(23-25)17-7-6-12-24(3)14-17/h9-10,13,17,22H,4-8,11-12,14H2,1-3H3. The molecule has 25 heavy (non-hydrogen) atoms. The van der Waals surface area contributed by atoms with Crippen LogP contribution in [0.4, 0.5) is 5.82 Å². The highest BCUT2D eigenvalue weighted by Gasteiger charge is 2.28. The van der Waals surface area contributed by atoms with E-state index in [0.717, 1.165) is 19.5 Å². The molecular weight excluding hydrogens is 308 g/mol. The number of nitrogens with one attached hydrogen (secondary N) is 1. The summed E-state index contributed by atoms with van der Waals surface area (Å²) < 4.78 is 2.20. The predicted octanol–water partition coefficient (Wildman–Crippen LogP) is 4.05. The fourth-order valence-electron chi connectivity index (χ4n) is 4.37. The number of benzene rings is 1. The van der Waals surface area contributed by atoms with Crippen LogP contribution in [0.2, 0.25) is 0 Å². The van der Waals surface area contributed by atoms with Gasteiger partial charge >= 0.3 is 0 Å². The van der Waals surface area contributed by atoms with Crippen molar-refractivity contribution in [2.45, 2.75) is 51.9 Å². The lowest BCUT2D eigenvalue weighted by Gasteiger charge is -2.29. The lowest BCUT2D eigenvalue weighted by atomic mass is 9.91. The molecule has 4 rings (SSSR count). The summed E-state index contributed by atoms with van der Waals surface area (Å²) in [6, 6.07) is 6.67. The van der Waals surface area contributed by atoms with Crippen LogP contribution in [0.25, 0.3) is 5.69 Å². The second-order valence-corrected chi connectivity index (χ2v) is 7.90. The molecule has 0 saturated carbocycles. The van der Waals surface area contributed by atoms with Crippen molar-refractivity contribution < 1.29 is 0 Å². The van der Waals surface area contributed by atoms with E-state index >= 15 is 0 Å². The van der Waals surface area contributed by atoms with E-state index in [2.05, 4.69) is 54.0 Å². The summed E-state index contributed by atoms with van der Waals surface area (Å²) in [6.07, 6.45) is 6.20. The zero-order chi connectivity index (χ0) is 17.4. The lowest BCUT2D eigenvalue weighted by molar-refractivity contribution is 0.247. The van der Waals surface area contributed by atoms with Crippen LogP contribution in [0.15, 0.2) is 18.2 Å². The normalized spacial score (nSPS) is 21.5. The van der Waals surface area contributed by atoms with Gasteiger partial charge in [0.1, 0.15) is 5.82 Å². The molecule has 1 aromatic carbocycles. The number of aryl methyl sites for hydroxylation is 2. The van der Waals surface area contributed by atoms with E-state index in [1.54, 1.807) is 0 Å². The monoisotopic (exact) mass is 338 g/mol. The minimum Gasteiger partial charge on any atom is -0.370 e. The van der Waals surface area contributed by atoms with Crippen LogP contribution in [0.1, 0.15) is 54.0 Å². The van der Waals surface area contributed by atoms with Gasteiger partial charge in [0.25, 0.3) is 0 Å². The molecule has 0 aliphatic carbocycles. The summed E-state index contributed by atoms with van der Waals surface area (Å²) in [4.78, 5) is 2.46. The quantitative estimate of drug-likeness (QED) is 0.897. The smallest absolute Gasteiger partial charge is 0.133 e. The maximum Gasteiger partial charge on any atom is 0.133 e. The van der Waals surface area contributed by atoms with E-state index in [0.29, 0.717) is 5.92 Å². The van der Waals surface area contributed by atoms with Crippen LogP contribution < -0.4 is 5.32 Å². The Morgan fingerprint density at radius 2 is 2.04 bits per heavy atom. The molecule has 3 heterocycles. The molecule has 1 aromatic heterocycles. The van der Waals surface area contributed by atoms with E-state index in [4.69, 9.17) is 5.10 Å². The van der Waals surface area contributed by atoms with Gasteiger partial charge in [0.05, 0.1) is 11.4 Å². The van der Waals surface area contributed by atoms with Crippen LogP contribution in [0.5, 0.6) is 0 Å². The summed E-state index contributed by atoms with van der Waals surface area (Å²) in [5.41, 5.74) is 6.61. The summed E-state index contributed by atoms with van der Waals surface area (Å²) in [5.74, 6) is 1.81. The van der Waals surface area contributed by atoms with Gasteiger partial charge < -0.3 is 10.2 Å². The zero-order valence-electron chi connectivity index (χ0n) is 15.8. The number of fused-ring (bicyclic) bond motifs is 1. The van der Waals surface area contributed by atoms with Gasteiger partial charge in [-0.3, -0.25) is 0 Å². The van der Waals surface area contributed by atoms with E-state index in [1.165, 1.54) is 66.1 Å². The van der Waals surface area contributed by atoms with Crippen molar-refractivity contribution in [3.8, 4) is 5.69 Å². The van der Waals surface area contributed by atoms with Crippen molar-refractivity contribution in [2.75, 3.05) is 32.0 Å². The fraction of sp³-hybridized carbons (Fsp3) is 0.571. The first-order valence-corrected chi connectivity index (χ1v) is 9.75. The first-order valence-electron chi connectivity index (χ1n) is 9.75. The SMILES string of the molecule is Cc1ccc(C)c(-n2nc(C3CCCN(C)C3)c3c2NCCCC3)c1. The van der Waals surface area contributed by atoms with Gasteiger partial charge in [0.2, 0.25) is 0 Å². The molecule has 2 aliphatic rings. The highest BCUT2D eigenvalue weighted by Crippen LogP contribution is 2.36. The molecular formula is C21H30N4. The molecule has 1 N–H and O–H groups in total. The maximum atomic E-state index is 5.19. The largest absolute Gasteiger partial charge is 0.370 e. The molecule has 4 heteroatoms. The molecule has 1 fully saturated rings. The van der Waals surface area contributed by atoms with Crippen molar-refractivity contribution in [1.29, 1.82) is 0 Å². The average molecular weight is 338 g/mol. The van der Waals surface area contributed by atoms with Crippen LogP contribution in [0, 0.1) is 13.8 Å². The van der Waals surface area contributed by atoms with Gasteiger partial charge in [-0.1, -0.05) is 12.1 Å². The molecule has 1 saturated heterocycles. The van der Waals surface area contributed by atoms with Crippen molar-refractivity contribution >= 4 is 5.82 Å². The summed E-state index contributed by atoms with van der Waals surface area (Å²) in [5, 5.41) is 8.89. The topological polar surface area (TPSA) is 33.1 Å². The number of anilines is 1. The van der Waals surface area contributed by atoms with Gasteiger partial charge in [0.15, 0.2) is 0 Å². The van der Waals surface area contributed by atoms with Crippen LogP contribution in [0.3, 0.4) is 0 Å². The Balaban J connectivity index is 1.83. The fourth-order valence-corrected chi connectivity index (χ4v) is 4.37. The van der Waals surface area contributed by atoms with Crippen molar-refractivity contribution in [2.24, 2.45) is 0 Å². The first kappa shape index (κ1) is 16.6. The van der Waals surface area contributed by atoms with E-state index in [1.807, 2.05) is 0 Å². The first-order chi connectivity index (χ1) is 12.1. The number of hydrogen-bond acceptors (Lipinski definition) is 3. The second-order valence-electron chi connectivity index (χ2n) is 7.90. The van der Waals surface area contributed by atoms with E-state index in [9.17, 15) is 0 Å². The third-order valence-electron chi connectivity index (χ3n) is 5.76. The Bertz CT molecular complexity index is 761. The third-order valence-corrected chi connectivity index (χ3v) is 5.76. The van der Waals surface area contributed by atoms with Gasteiger partial charge in [-0.05, 0) is 76.7 Å². The molecule has 1 atom stereocenters. The zero-order valence-corrected chi connectivity index (χ0v) is 15.8. The maximum absolute atomic E-state index is 5.19. The molecule has 0 amide bonds. The van der Waals surface area contributed by atoms with Crippen molar-refractivity contribution in [3.05, 3.63) is 40.6 Å². The number of rotatable bonds is 2. The Kier molecular flexibility index (Phi) is 4.55. The number of likely N-dealkylation sites (N-methyl/N-ethyl adjacent to an activating group) is 1. The minimum absolute atomic E-state index is 0.568. The molecule has 0 spiro atoms. The Hall–Kier alpha value is -1.81. The van der Waals surface area contributed by atoms with Crippen molar-refractivity contribution in [1.82, 2.24) is 14.7 Å². The molecule has 2 aliphatic heterocycles. The van der Waals surface area contributed by atoms with E-state index in [-0.39, 0.29) is 0 Å². The highest BCUT2D eigenvalue weighted by atomic mass is 15.3. The highest BCUT2D eigenvalue weighted by molar-refractivity contribution is 5.57. The van der Waals surface area contributed by atoms with E-state index < -0.39 is 0 Å². The van der Waals surface area contributed by atoms with Gasteiger partial charge in [0, 0.05) is 24.6 Å². The third kappa shape index (κ3) is 3.20. The molecule has 2 aromatic rings. The molecule has 1 unspecified atom stereocenters. The van der Waals surface area contributed by atoms with Gasteiger partial charge in [-0.2, -0.15) is 5.10 Å². The number of likely N-dealkylation sites (tertiary alicyclic amines) is 1. The minimum atomic E-state index is 0.568. The molecule has 134 valence electrons. The summed E-state index contributed by atoms with van der Waals surface area (Å²) in [7, 11) is 2.24. The molecule has 0 radical (unpaired) electrons. The van der Waals surface area contributed by atoms with Crippen molar-refractivity contribution in [3.63, 3.8) is 0 Å². The van der Waals surface area contributed by atoms with Crippen LogP contribution in [-0.4, -0.2) is 41.4 Å². The number of aromatic nitrogens is 2. The average Bonchev–Trinajstić information content (AvgIpc) is 2.78. The van der Waals surface area contributed by atoms with Crippen LogP contribution in [-0.2, 0) is 6.42 Å². The summed E-state index contributed by atoms with van der Waals surface area (Å²) >= 11 is 0. The molecule has 0 bridgehead atoms. The lowest BCUT2D eigenvalue weighted by Crippen LogP contribution is -2.31. The van der Waals surface area contributed by atoms with Crippen LogP contribution >= 0.6 is 0 Å². The number of nitrogens with zero attached hydrogens (tertiary/aromatic N) is 3. The Morgan fingerprint density at radius 1 is 1.16 bits per heavy atom. The summed E-state index contributed by atoms with van der Waals surface area (Å²) in [6.45, 7) is 7.75.